The van der Waals surface area contributed by atoms with Crippen LogP contribution >= 0.6 is 27.7 Å². The Morgan fingerprint density at radius 2 is 2.29 bits per heavy atom. The molecule has 0 saturated carbocycles. The van der Waals surface area contributed by atoms with Crippen LogP contribution < -0.4 is 5.32 Å². The zero-order valence-corrected chi connectivity index (χ0v) is 10.8. The molecule has 1 N–H and O–H groups in total. The van der Waals surface area contributed by atoms with Crippen LogP contribution in [0.3, 0.4) is 0 Å². The summed E-state index contributed by atoms with van der Waals surface area (Å²) in [6.07, 6.45) is 1.21. The summed E-state index contributed by atoms with van der Waals surface area (Å²) < 4.78 is 1.23. The molecule has 3 heteroatoms. The lowest BCUT2D eigenvalue weighted by Crippen LogP contribution is -2.24. The van der Waals surface area contributed by atoms with Gasteiger partial charge in [0.25, 0.3) is 0 Å². The van der Waals surface area contributed by atoms with Gasteiger partial charge < -0.3 is 5.32 Å². The van der Waals surface area contributed by atoms with Crippen molar-refractivity contribution in [1.82, 2.24) is 5.32 Å². The lowest BCUT2D eigenvalue weighted by molar-refractivity contribution is 0.530. The summed E-state index contributed by atoms with van der Waals surface area (Å²) in [4.78, 5) is 1.41. The summed E-state index contributed by atoms with van der Waals surface area (Å²) >= 11 is 5.59. The maximum Gasteiger partial charge on any atom is 0.0339 e. The molecule has 0 amide bonds. The van der Waals surface area contributed by atoms with Gasteiger partial charge in [-0.1, -0.05) is 19.1 Å². The van der Waals surface area contributed by atoms with E-state index in [-0.39, 0.29) is 0 Å². The van der Waals surface area contributed by atoms with Crippen LogP contribution in [-0.2, 0) is 0 Å². The number of hydrogen-bond donors (Lipinski definition) is 1. The molecule has 2 rings (SSSR count). The highest BCUT2D eigenvalue weighted by Crippen LogP contribution is 2.43. The van der Waals surface area contributed by atoms with E-state index in [4.69, 9.17) is 0 Å². The first-order valence-corrected chi connectivity index (χ1v) is 6.52. The number of hydrogen-bond acceptors (Lipinski definition) is 2. The topological polar surface area (TPSA) is 12.0 Å². The van der Waals surface area contributed by atoms with E-state index in [1.165, 1.54) is 21.4 Å². The fraction of sp³-hybridized carbons (Fsp3) is 0.455. The second-order valence-electron chi connectivity index (χ2n) is 3.66. The highest BCUT2D eigenvalue weighted by molar-refractivity contribution is 9.10. The molecule has 0 bridgehead atoms. The van der Waals surface area contributed by atoms with Crippen molar-refractivity contribution < 1.29 is 0 Å². The number of fused-ring (bicyclic) bond motifs is 1. The third kappa shape index (κ3) is 1.86. The van der Waals surface area contributed by atoms with Gasteiger partial charge in [0, 0.05) is 20.7 Å². The summed E-state index contributed by atoms with van der Waals surface area (Å²) in [6, 6.07) is 6.97. The number of halogens is 1. The van der Waals surface area contributed by atoms with Crippen LogP contribution in [0.1, 0.15) is 24.9 Å². The Balaban J connectivity index is 2.45. The fourth-order valence-corrected chi connectivity index (χ4v) is 3.79. The Labute approximate surface area is 97.8 Å². The molecule has 1 aliphatic heterocycles. The van der Waals surface area contributed by atoms with Crippen molar-refractivity contribution in [2.75, 3.05) is 7.05 Å². The van der Waals surface area contributed by atoms with Crippen LogP contribution in [-0.4, -0.2) is 12.3 Å². The Kier molecular flexibility index (Phi) is 3.20. The Morgan fingerprint density at radius 1 is 1.50 bits per heavy atom. The molecule has 1 heterocycles. The minimum Gasteiger partial charge on any atom is -0.313 e. The van der Waals surface area contributed by atoms with Gasteiger partial charge in [-0.3, -0.25) is 0 Å². The molecular weight excluding hydrogens is 258 g/mol. The molecule has 0 radical (unpaired) electrons. The van der Waals surface area contributed by atoms with Gasteiger partial charge in [-0.05, 0) is 41.0 Å². The molecule has 76 valence electrons. The second-order valence-corrected chi connectivity index (χ2v) is 5.97. The van der Waals surface area contributed by atoms with E-state index in [0.717, 1.165) is 0 Å². The quantitative estimate of drug-likeness (QED) is 0.838. The van der Waals surface area contributed by atoms with E-state index < -0.39 is 0 Å². The Hall–Kier alpha value is 0.0100. The second kappa shape index (κ2) is 4.25. The molecule has 0 aromatic heterocycles. The van der Waals surface area contributed by atoms with Gasteiger partial charge in [0.1, 0.15) is 0 Å². The maximum absolute atomic E-state index is 3.62. The van der Waals surface area contributed by atoms with E-state index in [1.807, 2.05) is 18.8 Å². The van der Waals surface area contributed by atoms with Crippen molar-refractivity contribution in [3.8, 4) is 0 Å². The zero-order chi connectivity index (χ0) is 10.1. The van der Waals surface area contributed by atoms with Crippen LogP contribution in [0.5, 0.6) is 0 Å². The first-order valence-electron chi connectivity index (χ1n) is 4.84. The van der Waals surface area contributed by atoms with E-state index in [1.54, 1.807) is 0 Å². The summed E-state index contributed by atoms with van der Waals surface area (Å²) in [5.74, 6) is 0. The lowest BCUT2D eigenvalue weighted by Gasteiger charge is -2.29. The van der Waals surface area contributed by atoms with Gasteiger partial charge in [0.2, 0.25) is 0 Å². The van der Waals surface area contributed by atoms with E-state index >= 15 is 0 Å². The summed E-state index contributed by atoms with van der Waals surface area (Å²) in [5, 5.41) is 4.08. The maximum atomic E-state index is 3.62. The van der Waals surface area contributed by atoms with Gasteiger partial charge >= 0.3 is 0 Å². The number of benzene rings is 1. The number of rotatable bonds is 1. The normalized spacial score (nSPS) is 25.9. The number of thioether (sulfide) groups is 1. The molecular formula is C11H14BrNS. The standard InChI is InChI=1S/C11H14BrNS/c1-7-6-10(13-2)8-4-3-5-9(12)11(8)14-7/h3-5,7,10,13H,6H2,1-2H3. The molecule has 1 aliphatic rings. The van der Waals surface area contributed by atoms with Gasteiger partial charge in [-0.2, -0.15) is 0 Å². The van der Waals surface area contributed by atoms with Crippen LogP contribution in [0.4, 0.5) is 0 Å². The van der Waals surface area contributed by atoms with Crippen molar-refractivity contribution in [2.45, 2.75) is 29.5 Å². The monoisotopic (exact) mass is 271 g/mol. The van der Waals surface area contributed by atoms with Gasteiger partial charge in [0.05, 0.1) is 0 Å². The predicted octanol–water partition coefficient (Wildman–Crippen LogP) is 3.59. The molecule has 2 unspecified atom stereocenters. The third-order valence-corrected chi connectivity index (χ3v) is 4.82. The zero-order valence-electron chi connectivity index (χ0n) is 8.38. The molecule has 0 saturated heterocycles. The van der Waals surface area contributed by atoms with Crippen LogP contribution in [0.15, 0.2) is 27.6 Å². The van der Waals surface area contributed by atoms with Crippen molar-refractivity contribution in [1.29, 1.82) is 0 Å². The van der Waals surface area contributed by atoms with Gasteiger partial charge in [0.15, 0.2) is 0 Å². The van der Waals surface area contributed by atoms with E-state index in [2.05, 4.69) is 46.4 Å². The average molecular weight is 272 g/mol. The fourth-order valence-electron chi connectivity index (χ4n) is 1.91. The molecule has 2 atom stereocenters. The Morgan fingerprint density at radius 3 is 3.00 bits per heavy atom. The number of nitrogens with one attached hydrogen (secondary N) is 1. The summed E-state index contributed by atoms with van der Waals surface area (Å²) in [6.45, 7) is 2.29. The van der Waals surface area contributed by atoms with Crippen LogP contribution in [0.2, 0.25) is 0 Å². The van der Waals surface area contributed by atoms with Crippen LogP contribution in [0, 0.1) is 0 Å². The molecule has 0 fully saturated rings. The van der Waals surface area contributed by atoms with Crippen LogP contribution in [0.25, 0.3) is 0 Å². The highest BCUT2D eigenvalue weighted by Gasteiger charge is 2.25. The van der Waals surface area contributed by atoms with Crippen molar-refractivity contribution in [3.63, 3.8) is 0 Å². The predicted molar refractivity (Wildman–Crippen MR) is 65.9 cm³/mol. The van der Waals surface area contributed by atoms with E-state index in [9.17, 15) is 0 Å². The first-order chi connectivity index (χ1) is 6.72. The molecule has 0 spiro atoms. The van der Waals surface area contributed by atoms with Gasteiger partial charge in [-0.25, -0.2) is 0 Å². The summed E-state index contributed by atoms with van der Waals surface area (Å²) in [5.41, 5.74) is 1.44. The first kappa shape index (κ1) is 10.5. The minimum absolute atomic E-state index is 0.513. The van der Waals surface area contributed by atoms with Crippen molar-refractivity contribution in [2.24, 2.45) is 0 Å². The summed E-state index contributed by atoms with van der Waals surface area (Å²) in [7, 11) is 2.04. The smallest absolute Gasteiger partial charge is 0.0339 e. The lowest BCUT2D eigenvalue weighted by atomic mass is 10.0. The van der Waals surface area contributed by atoms with Gasteiger partial charge in [-0.15, -0.1) is 11.8 Å². The molecule has 14 heavy (non-hydrogen) atoms. The SMILES string of the molecule is CNC1CC(C)Sc2c(Br)cccc21. The third-order valence-electron chi connectivity index (χ3n) is 2.61. The molecule has 1 nitrogen and oxygen atoms in total. The minimum atomic E-state index is 0.513. The molecule has 1 aromatic rings. The largest absolute Gasteiger partial charge is 0.313 e. The van der Waals surface area contributed by atoms with E-state index in [0.29, 0.717) is 11.3 Å². The van der Waals surface area contributed by atoms with Crippen molar-refractivity contribution >= 4 is 27.7 Å². The Bertz CT molecular complexity index is 340. The average Bonchev–Trinajstić information content (AvgIpc) is 2.18. The highest BCUT2D eigenvalue weighted by atomic mass is 79.9. The van der Waals surface area contributed by atoms with Crippen molar-refractivity contribution in [3.05, 3.63) is 28.2 Å². The molecule has 0 aliphatic carbocycles. The molecule has 1 aromatic carbocycles.